The quantitative estimate of drug-likeness (QED) is 0.465. The maximum atomic E-state index is 10.6. The Bertz CT molecular complexity index is 214. The predicted octanol–water partition coefficient (Wildman–Crippen LogP) is 0.175. The number of carboxylic acid groups (broad SMARTS) is 1. The molecule has 0 heterocycles. The standard InChI is InChI=1S/C7H8O4/c1-5(8)4-6(9)2-3-7(10)11/h2-3H,4H2,1H3,(H,10,11). The molecule has 4 nitrogen and oxygen atoms in total. The van der Waals surface area contributed by atoms with E-state index < -0.39 is 11.8 Å². The summed E-state index contributed by atoms with van der Waals surface area (Å²) in [5.74, 6) is -1.95. The number of ketones is 2. The van der Waals surface area contributed by atoms with Crippen LogP contribution < -0.4 is 0 Å². The fourth-order valence-corrected chi connectivity index (χ4v) is 0.469. The van der Waals surface area contributed by atoms with E-state index in [4.69, 9.17) is 5.11 Å². The summed E-state index contributed by atoms with van der Waals surface area (Å²) in [6, 6.07) is 0. The summed E-state index contributed by atoms with van der Waals surface area (Å²) in [7, 11) is 0. The predicted molar refractivity (Wildman–Crippen MR) is 37.1 cm³/mol. The van der Waals surface area contributed by atoms with Crippen molar-refractivity contribution in [2.24, 2.45) is 0 Å². The van der Waals surface area contributed by atoms with Crippen molar-refractivity contribution in [2.75, 3.05) is 0 Å². The number of rotatable bonds is 4. The van der Waals surface area contributed by atoms with Crippen molar-refractivity contribution in [1.29, 1.82) is 0 Å². The van der Waals surface area contributed by atoms with Crippen molar-refractivity contribution in [2.45, 2.75) is 13.3 Å². The normalized spacial score (nSPS) is 9.91. The van der Waals surface area contributed by atoms with Gasteiger partial charge in [0.25, 0.3) is 0 Å². The Morgan fingerprint density at radius 1 is 1.27 bits per heavy atom. The third-order valence-corrected chi connectivity index (χ3v) is 0.835. The Balaban J connectivity index is 3.88. The minimum Gasteiger partial charge on any atom is -0.478 e. The summed E-state index contributed by atoms with van der Waals surface area (Å²) in [6.07, 6.45) is 1.36. The molecule has 4 heteroatoms. The van der Waals surface area contributed by atoms with E-state index >= 15 is 0 Å². The number of Topliss-reactive ketones (excluding diaryl/α,β-unsaturated/α-hetero) is 1. The summed E-state index contributed by atoms with van der Waals surface area (Å²) in [5.41, 5.74) is 0. The highest BCUT2D eigenvalue weighted by Crippen LogP contribution is 1.86. The summed E-state index contributed by atoms with van der Waals surface area (Å²) < 4.78 is 0. The van der Waals surface area contributed by atoms with Gasteiger partial charge in [0.15, 0.2) is 5.78 Å². The molecule has 0 aliphatic rings. The van der Waals surface area contributed by atoms with Crippen LogP contribution in [0.15, 0.2) is 12.2 Å². The van der Waals surface area contributed by atoms with Gasteiger partial charge < -0.3 is 5.11 Å². The smallest absolute Gasteiger partial charge is 0.328 e. The summed E-state index contributed by atoms with van der Waals surface area (Å²) >= 11 is 0. The van der Waals surface area contributed by atoms with Gasteiger partial charge in [0.05, 0.1) is 6.42 Å². The van der Waals surface area contributed by atoms with Gasteiger partial charge in [0, 0.05) is 6.08 Å². The molecule has 0 amide bonds. The lowest BCUT2D eigenvalue weighted by Crippen LogP contribution is -2.01. The third-order valence-electron chi connectivity index (χ3n) is 0.835. The van der Waals surface area contributed by atoms with Gasteiger partial charge in [-0.15, -0.1) is 0 Å². The van der Waals surface area contributed by atoms with E-state index in [1.54, 1.807) is 0 Å². The number of carboxylic acids is 1. The lowest BCUT2D eigenvalue weighted by atomic mass is 10.2. The first-order valence-corrected chi connectivity index (χ1v) is 2.95. The average Bonchev–Trinajstić information content (AvgIpc) is 1.82. The van der Waals surface area contributed by atoms with Crippen molar-refractivity contribution in [3.63, 3.8) is 0 Å². The first kappa shape index (κ1) is 9.55. The van der Waals surface area contributed by atoms with E-state index in [-0.39, 0.29) is 12.2 Å². The molecule has 0 saturated carbocycles. The Morgan fingerprint density at radius 3 is 2.18 bits per heavy atom. The van der Waals surface area contributed by atoms with E-state index in [1.165, 1.54) is 6.92 Å². The molecule has 0 rings (SSSR count). The van der Waals surface area contributed by atoms with Crippen LogP contribution in [0, 0.1) is 0 Å². The van der Waals surface area contributed by atoms with E-state index in [1.807, 2.05) is 0 Å². The second-order valence-electron chi connectivity index (χ2n) is 2.02. The molecule has 1 N–H and O–H groups in total. The van der Waals surface area contributed by atoms with Crippen LogP contribution in [0.3, 0.4) is 0 Å². The van der Waals surface area contributed by atoms with Crippen LogP contribution in [0.2, 0.25) is 0 Å². The molecular weight excluding hydrogens is 148 g/mol. The number of aliphatic carboxylic acids is 1. The van der Waals surface area contributed by atoms with Gasteiger partial charge in [-0.3, -0.25) is 9.59 Å². The molecule has 0 spiro atoms. The highest BCUT2D eigenvalue weighted by atomic mass is 16.4. The van der Waals surface area contributed by atoms with Crippen LogP contribution in [0.25, 0.3) is 0 Å². The minimum atomic E-state index is -1.19. The van der Waals surface area contributed by atoms with Crippen molar-refractivity contribution >= 4 is 17.5 Å². The molecule has 60 valence electrons. The van der Waals surface area contributed by atoms with Crippen molar-refractivity contribution < 1.29 is 19.5 Å². The molecule has 0 saturated heterocycles. The fraction of sp³-hybridized carbons (Fsp3) is 0.286. The number of carbonyl (C=O) groups is 3. The molecule has 0 atom stereocenters. The highest BCUT2D eigenvalue weighted by molar-refractivity contribution is 6.05. The Kier molecular flexibility index (Phi) is 3.80. The molecule has 0 fully saturated rings. The fourth-order valence-electron chi connectivity index (χ4n) is 0.469. The van der Waals surface area contributed by atoms with Gasteiger partial charge in [0.2, 0.25) is 0 Å². The number of allylic oxidation sites excluding steroid dienone is 1. The Labute approximate surface area is 63.5 Å². The van der Waals surface area contributed by atoms with Gasteiger partial charge in [-0.1, -0.05) is 0 Å². The van der Waals surface area contributed by atoms with Crippen molar-refractivity contribution in [3.8, 4) is 0 Å². The van der Waals surface area contributed by atoms with Gasteiger partial charge >= 0.3 is 5.97 Å². The molecule has 0 aromatic carbocycles. The van der Waals surface area contributed by atoms with Gasteiger partial charge in [-0.05, 0) is 13.0 Å². The molecule has 0 bridgehead atoms. The molecule has 0 aromatic heterocycles. The minimum absolute atomic E-state index is 0.232. The van der Waals surface area contributed by atoms with Crippen LogP contribution in [0.4, 0.5) is 0 Å². The summed E-state index contributed by atoms with van der Waals surface area (Å²) in [5, 5.41) is 8.07. The monoisotopic (exact) mass is 156 g/mol. The zero-order valence-corrected chi connectivity index (χ0v) is 6.03. The van der Waals surface area contributed by atoms with Gasteiger partial charge in [-0.2, -0.15) is 0 Å². The van der Waals surface area contributed by atoms with E-state index in [9.17, 15) is 14.4 Å². The second-order valence-corrected chi connectivity index (χ2v) is 2.02. The van der Waals surface area contributed by atoms with Crippen LogP contribution in [-0.4, -0.2) is 22.6 Å². The third kappa shape index (κ3) is 6.44. The molecule has 0 aliphatic carbocycles. The van der Waals surface area contributed by atoms with Crippen molar-refractivity contribution in [3.05, 3.63) is 12.2 Å². The van der Waals surface area contributed by atoms with Crippen molar-refractivity contribution in [1.82, 2.24) is 0 Å². The molecule has 0 aromatic rings. The Morgan fingerprint density at radius 2 is 1.82 bits per heavy atom. The largest absolute Gasteiger partial charge is 0.478 e. The van der Waals surface area contributed by atoms with E-state index in [0.29, 0.717) is 6.08 Å². The Hall–Kier alpha value is -1.45. The van der Waals surface area contributed by atoms with Crippen LogP contribution in [-0.2, 0) is 14.4 Å². The van der Waals surface area contributed by atoms with Crippen LogP contribution in [0.1, 0.15) is 13.3 Å². The summed E-state index contributed by atoms with van der Waals surface area (Å²) in [6.45, 7) is 1.27. The van der Waals surface area contributed by atoms with Crippen LogP contribution >= 0.6 is 0 Å². The number of hydrogen-bond donors (Lipinski definition) is 1. The maximum Gasteiger partial charge on any atom is 0.328 e. The lowest BCUT2D eigenvalue weighted by molar-refractivity contribution is -0.132. The molecule has 0 radical (unpaired) electrons. The number of hydrogen-bond acceptors (Lipinski definition) is 3. The SMILES string of the molecule is CC(=O)CC(=O)C=CC(=O)O. The first-order valence-electron chi connectivity index (χ1n) is 2.95. The maximum absolute atomic E-state index is 10.6. The summed E-state index contributed by atoms with van der Waals surface area (Å²) in [4.78, 5) is 30.7. The second kappa shape index (κ2) is 4.38. The molecule has 0 aliphatic heterocycles. The molecule has 0 unspecified atom stereocenters. The van der Waals surface area contributed by atoms with Gasteiger partial charge in [-0.25, -0.2) is 4.79 Å². The molecule has 11 heavy (non-hydrogen) atoms. The lowest BCUT2D eigenvalue weighted by Gasteiger charge is -1.86. The topological polar surface area (TPSA) is 71.4 Å². The average molecular weight is 156 g/mol. The van der Waals surface area contributed by atoms with Crippen LogP contribution in [0.5, 0.6) is 0 Å². The van der Waals surface area contributed by atoms with E-state index in [0.717, 1.165) is 6.08 Å². The first-order chi connectivity index (χ1) is 5.02. The zero-order valence-electron chi connectivity index (χ0n) is 6.03. The molecular formula is C7H8O4. The van der Waals surface area contributed by atoms with E-state index in [2.05, 4.69) is 0 Å². The number of carbonyl (C=O) groups excluding carboxylic acids is 2. The zero-order chi connectivity index (χ0) is 8.85. The highest BCUT2D eigenvalue weighted by Gasteiger charge is 2.00. The van der Waals surface area contributed by atoms with Gasteiger partial charge in [0.1, 0.15) is 5.78 Å².